The van der Waals surface area contributed by atoms with Crippen LogP contribution in [0.25, 0.3) is 0 Å². The number of carbonyl (C=O) groups excluding carboxylic acids is 4. The summed E-state index contributed by atoms with van der Waals surface area (Å²) in [6.07, 6.45) is 2.47. The maximum absolute atomic E-state index is 15.3. The fourth-order valence-electron chi connectivity index (χ4n) is 9.64. The van der Waals surface area contributed by atoms with Gasteiger partial charge in [0, 0.05) is 22.9 Å². The fraction of sp³-hybridized carbons (Fsp3) is 0.217. The van der Waals surface area contributed by atoms with Gasteiger partial charge in [0.1, 0.15) is 5.75 Å². The minimum absolute atomic E-state index is 0.0371. The monoisotopic (exact) mass is 728 g/mol. The van der Waals surface area contributed by atoms with Gasteiger partial charge in [-0.15, -0.1) is 0 Å². The molecule has 0 spiro atoms. The molecule has 5 aromatic rings. The van der Waals surface area contributed by atoms with E-state index in [1.807, 2.05) is 135 Å². The number of rotatable bonds is 7. The van der Waals surface area contributed by atoms with E-state index in [-0.39, 0.29) is 30.4 Å². The van der Waals surface area contributed by atoms with Crippen LogP contribution in [0.4, 0.5) is 22.7 Å². The van der Waals surface area contributed by atoms with Crippen molar-refractivity contribution in [1.29, 1.82) is 0 Å². The zero-order chi connectivity index (χ0) is 38.0. The molecule has 6 unspecified atom stereocenters. The first-order valence-corrected chi connectivity index (χ1v) is 18.7. The molecular formula is C46H40N4O5. The molecule has 2 saturated heterocycles. The van der Waals surface area contributed by atoms with Crippen molar-refractivity contribution in [3.63, 3.8) is 0 Å². The number of nitrogens with zero attached hydrogens (tertiary/aromatic N) is 2. The standard InChI is InChI=1S/C46H40N4O5/c1-27-16-18-32(19-17-27)48-50-43(53)38-26-37-34(40(36-15-9-10-28(2)41(36)51)46(38,45(50)55)29-11-5-3-6-12-29)24-25-35-39(37)44(54)49(42(35)52)33-22-20-31(21-23-33)47-30-13-7-4-8-14-30/h3-24,35,37-40,47-48,51H,25-26H2,1-2H3. The van der Waals surface area contributed by atoms with Crippen molar-refractivity contribution in [2.75, 3.05) is 15.6 Å². The van der Waals surface area contributed by atoms with E-state index in [0.29, 0.717) is 28.1 Å². The van der Waals surface area contributed by atoms with Crippen molar-refractivity contribution in [2.45, 2.75) is 38.0 Å². The van der Waals surface area contributed by atoms with E-state index in [9.17, 15) is 19.5 Å². The Kier molecular flexibility index (Phi) is 8.18. The lowest BCUT2D eigenvalue weighted by atomic mass is 9.49. The number of imide groups is 2. The SMILES string of the molecule is Cc1ccc(NN2C(=O)C3CC4C(=CCC5C(=O)N(c6ccc(Nc7ccccc7)cc6)C(=O)C54)C(c4cccc(C)c4O)C3(c3ccccc3)C2=O)cc1. The van der Waals surface area contributed by atoms with E-state index < -0.39 is 46.8 Å². The lowest BCUT2D eigenvalue weighted by Crippen LogP contribution is -2.53. The summed E-state index contributed by atoms with van der Waals surface area (Å²) in [5.41, 5.74) is 8.08. The summed E-state index contributed by atoms with van der Waals surface area (Å²) >= 11 is 0. The molecule has 1 saturated carbocycles. The molecule has 5 aromatic carbocycles. The summed E-state index contributed by atoms with van der Waals surface area (Å²) in [6, 6.07) is 39.2. The topological polar surface area (TPSA) is 119 Å². The second-order valence-corrected chi connectivity index (χ2v) is 15.2. The van der Waals surface area contributed by atoms with Gasteiger partial charge in [-0.1, -0.05) is 96.1 Å². The quantitative estimate of drug-likeness (QED) is 0.115. The number of allylic oxidation sites excluding steroid dienone is 2. The highest BCUT2D eigenvalue weighted by Crippen LogP contribution is 2.65. The molecule has 4 amide bonds. The van der Waals surface area contributed by atoms with Crippen LogP contribution in [0.15, 0.2) is 139 Å². The lowest BCUT2D eigenvalue weighted by Gasteiger charge is -2.50. The van der Waals surface area contributed by atoms with Crippen LogP contribution in [0.1, 0.15) is 41.0 Å². The van der Waals surface area contributed by atoms with E-state index in [1.54, 1.807) is 12.1 Å². The zero-order valence-electron chi connectivity index (χ0n) is 30.5. The average molecular weight is 729 g/mol. The highest BCUT2D eigenvalue weighted by Gasteiger charge is 2.70. The van der Waals surface area contributed by atoms with Crippen LogP contribution in [0.3, 0.4) is 0 Å². The van der Waals surface area contributed by atoms with Crippen LogP contribution < -0.4 is 15.6 Å². The number of carbonyl (C=O) groups is 4. The molecule has 3 N–H and O–H groups in total. The molecule has 274 valence electrons. The van der Waals surface area contributed by atoms with Gasteiger partial charge in [0.05, 0.1) is 34.5 Å². The summed E-state index contributed by atoms with van der Waals surface area (Å²) in [6.45, 7) is 3.77. The minimum Gasteiger partial charge on any atom is -0.507 e. The molecule has 2 aliphatic heterocycles. The number of phenols is 1. The molecule has 55 heavy (non-hydrogen) atoms. The van der Waals surface area contributed by atoms with E-state index >= 15 is 4.79 Å². The zero-order valence-corrected chi connectivity index (χ0v) is 30.5. The predicted octanol–water partition coefficient (Wildman–Crippen LogP) is 7.94. The summed E-state index contributed by atoms with van der Waals surface area (Å²) in [5.74, 6) is -5.04. The van der Waals surface area contributed by atoms with E-state index in [4.69, 9.17) is 0 Å². The van der Waals surface area contributed by atoms with Crippen molar-refractivity contribution in [1.82, 2.24) is 5.01 Å². The summed E-state index contributed by atoms with van der Waals surface area (Å²) in [7, 11) is 0. The van der Waals surface area contributed by atoms with Gasteiger partial charge in [-0.2, -0.15) is 5.01 Å². The Balaban J connectivity index is 1.15. The Morgan fingerprint density at radius 3 is 2.04 bits per heavy atom. The lowest BCUT2D eigenvalue weighted by molar-refractivity contribution is -0.138. The molecule has 4 aliphatic rings. The van der Waals surface area contributed by atoms with Gasteiger partial charge in [0.15, 0.2) is 0 Å². The smallest absolute Gasteiger partial charge is 0.260 e. The first-order chi connectivity index (χ1) is 26.7. The van der Waals surface area contributed by atoms with Crippen molar-refractivity contribution < 1.29 is 24.3 Å². The van der Waals surface area contributed by atoms with Crippen molar-refractivity contribution in [2.24, 2.45) is 23.7 Å². The molecule has 3 fully saturated rings. The molecule has 2 heterocycles. The third kappa shape index (κ3) is 5.28. The largest absolute Gasteiger partial charge is 0.507 e. The maximum atomic E-state index is 15.3. The number of benzene rings is 5. The number of hydrogen-bond acceptors (Lipinski definition) is 7. The number of amides is 4. The Hall–Kier alpha value is -6.48. The molecule has 9 nitrogen and oxygen atoms in total. The first-order valence-electron chi connectivity index (χ1n) is 18.7. The third-order valence-corrected chi connectivity index (χ3v) is 12.2. The predicted molar refractivity (Wildman–Crippen MR) is 210 cm³/mol. The molecule has 9 rings (SSSR count). The summed E-state index contributed by atoms with van der Waals surface area (Å²) in [4.78, 5) is 60.4. The Labute approximate surface area is 319 Å². The van der Waals surface area contributed by atoms with Crippen LogP contribution in [0.2, 0.25) is 0 Å². The number of nitrogens with one attached hydrogen (secondary N) is 2. The molecular weight excluding hydrogens is 689 g/mol. The number of hydrogen-bond donors (Lipinski definition) is 3. The van der Waals surface area contributed by atoms with Crippen LogP contribution in [-0.2, 0) is 24.6 Å². The second kappa shape index (κ2) is 13.1. The number of phenolic OH excluding ortho intramolecular Hbond substituents is 1. The van der Waals surface area contributed by atoms with Gasteiger partial charge >= 0.3 is 0 Å². The van der Waals surface area contributed by atoms with Crippen LogP contribution in [0, 0.1) is 37.5 Å². The second-order valence-electron chi connectivity index (χ2n) is 15.2. The first kappa shape index (κ1) is 34.3. The number of fused-ring (bicyclic) bond motifs is 4. The molecule has 0 radical (unpaired) electrons. The Bertz CT molecular complexity index is 2380. The van der Waals surface area contributed by atoms with E-state index in [2.05, 4.69) is 10.7 Å². The van der Waals surface area contributed by atoms with Gasteiger partial charge in [0.25, 0.3) is 11.8 Å². The van der Waals surface area contributed by atoms with Crippen molar-refractivity contribution in [3.8, 4) is 5.75 Å². The Morgan fingerprint density at radius 2 is 1.33 bits per heavy atom. The number of para-hydroxylation sites is 2. The van der Waals surface area contributed by atoms with Gasteiger partial charge < -0.3 is 10.4 Å². The normalized spacial score (nSPS) is 25.6. The molecule has 9 heteroatoms. The fourth-order valence-corrected chi connectivity index (χ4v) is 9.64. The van der Waals surface area contributed by atoms with Gasteiger partial charge in [0.2, 0.25) is 11.8 Å². The molecule has 0 bridgehead atoms. The molecule has 0 aromatic heterocycles. The maximum Gasteiger partial charge on any atom is 0.260 e. The number of anilines is 4. The number of hydrazine groups is 1. The van der Waals surface area contributed by atoms with Crippen LogP contribution >= 0.6 is 0 Å². The third-order valence-electron chi connectivity index (χ3n) is 12.2. The summed E-state index contributed by atoms with van der Waals surface area (Å²) in [5, 5.41) is 16.3. The average Bonchev–Trinajstić information content (AvgIpc) is 3.58. The summed E-state index contributed by atoms with van der Waals surface area (Å²) < 4.78 is 0. The number of aromatic hydroxyl groups is 1. The van der Waals surface area contributed by atoms with Gasteiger partial charge in [-0.05, 0) is 92.3 Å². The number of aryl methyl sites for hydroxylation is 2. The minimum atomic E-state index is -1.45. The van der Waals surface area contributed by atoms with Crippen molar-refractivity contribution in [3.05, 3.63) is 161 Å². The molecule has 6 atom stereocenters. The van der Waals surface area contributed by atoms with Crippen LogP contribution in [-0.4, -0.2) is 33.7 Å². The van der Waals surface area contributed by atoms with Gasteiger partial charge in [-0.25, -0.2) is 0 Å². The van der Waals surface area contributed by atoms with E-state index in [1.165, 1.54) is 4.90 Å². The molecule has 2 aliphatic carbocycles. The van der Waals surface area contributed by atoms with E-state index in [0.717, 1.165) is 27.5 Å². The van der Waals surface area contributed by atoms with Crippen molar-refractivity contribution >= 4 is 46.4 Å². The van der Waals surface area contributed by atoms with Crippen LogP contribution in [0.5, 0.6) is 5.75 Å². The highest BCUT2D eigenvalue weighted by atomic mass is 16.3. The van der Waals surface area contributed by atoms with Gasteiger partial charge in [-0.3, -0.25) is 29.5 Å². The Morgan fingerprint density at radius 1 is 0.673 bits per heavy atom. The highest BCUT2D eigenvalue weighted by molar-refractivity contribution is 6.22.